The molecular formula is C26H26N4OS. The van der Waals surface area contributed by atoms with E-state index in [0.29, 0.717) is 5.56 Å². The van der Waals surface area contributed by atoms with E-state index in [2.05, 4.69) is 29.2 Å². The van der Waals surface area contributed by atoms with Crippen molar-refractivity contribution in [3.8, 4) is 16.3 Å². The van der Waals surface area contributed by atoms with E-state index in [1.54, 1.807) is 11.3 Å². The molecule has 1 amide bonds. The first-order valence-corrected chi connectivity index (χ1v) is 11.9. The minimum absolute atomic E-state index is 0.0668. The molecule has 0 unspecified atom stereocenters. The number of amides is 1. The van der Waals surface area contributed by atoms with Gasteiger partial charge in [0, 0.05) is 38.9 Å². The van der Waals surface area contributed by atoms with Crippen molar-refractivity contribution in [2.24, 2.45) is 0 Å². The Morgan fingerprint density at radius 3 is 2.41 bits per heavy atom. The van der Waals surface area contributed by atoms with Crippen LogP contribution in [0.4, 0.5) is 0 Å². The molecule has 2 aromatic carbocycles. The number of rotatable bonds is 5. The van der Waals surface area contributed by atoms with Crippen molar-refractivity contribution in [1.82, 2.24) is 19.6 Å². The van der Waals surface area contributed by atoms with E-state index in [1.165, 1.54) is 5.56 Å². The summed E-state index contributed by atoms with van der Waals surface area (Å²) in [6.07, 6.45) is 2.86. The highest BCUT2D eigenvalue weighted by molar-refractivity contribution is 7.13. The second-order valence-electron chi connectivity index (χ2n) is 8.06. The first kappa shape index (κ1) is 20.7. The molecule has 0 atom stereocenters. The average molecular weight is 443 g/mol. The van der Waals surface area contributed by atoms with Crippen LogP contribution in [0, 0.1) is 0 Å². The highest BCUT2D eigenvalue weighted by atomic mass is 32.1. The quantitative estimate of drug-likeness (QED) is 0.439. The van der Waals surface area contributed by atoms with Crippen LogP contribution in [0.5, 0.6) is 0 Å². The first-order valence-electron chi connectivity index (χ1n) is 11.0. The second-order valence-corrected chi connectivity index (χ2v) is 9.00. The van der Waals surface area contributed by atoms with Crippen molar-refractivity contribution in [1.29, 1.82) is 0 Å². The van der Waals surface area contributed by atoms with Gasteiger partial charge in [0.05, 0.1) is 16.1 Å². The van der Waals surface area contributed by atoms with Crippen LogP contribution < -0.4 is 0 Å². The van der Waals surface area contributed by atoms with Crippen molar-refractivity contribution >= 4 is 17.2 Å². The molecule has 3 heterocycles. The Hall–Kier alpha value is -3.22. The van der Waals surface area contributed by atoms with Crippen molar-refractivity contribution < 1.29 is 4.79 Å². The molecule has 32 heavy (non-hydrogen) atoms. The third-order valence-electron chi connectivity index (χ3n) is 5.84. The lowest BCUT2D eigenvalue weighted by atomic mass is 10.2. The Labute approximate surface area is 192 Å². The third kappa shape index (κ3) is 4.52. The topological polar surface area (TPSA) is 41.4 Å². The summed E-state index contributed by atoms with van der Waals surface area (Å²) in [5.41, 5.74) is 3.71. The van der Waals surface area contributed by atoms with Gasteiger partial charge in [-0.05, 0) is 35.6 Å². The fraction of sp³-hybridized carbons (Fsp3) is 0.231. The van der Waals surface area contributed by atoms with Crippen LogP contribution in [-0.2, 0) is 6.54 Å². The second kappa shape index (κ2) is 9.51. The van der Waals surface area contributed by atoms with Crippen molar-refractivity contribution in [3.05, 3.63) is 95.5 Å². The zero-order valence-corrected chi connectivity index (χ0v) is 18.7. The summed E-state index contributed by atoms with van der Waals surface area (Å²) < 4.78 is 1.82. The predicted molar refractivity (Wildman–Crippen MR) is 129 cm³/mol. The van der Waals surface area contributed by atoms with E-state index in [0.717, 1.165) is 55.4 Å². The average Bonchev–Trinajstić information content (AvgIpc) is 3.47. The summed E-state index contributed by atoms with van der Waals surface area (Å²) in [5.74, 6) is 0.0668. The fourth-order valence-electron chi connectivity index (χ4n) is 4.18. The van der Waals surface area contributed by atoms with Crippen LogP contribution in [0.3, 0.4) is 0 Å². The van der Waals surface area contributed by atoms with Crippen molar-refractivity contribution in [3.63, 3.8) is 0 Å². The number of carbonyl (C=O) groups is 1. The van der Waals surface area contributed by atoms with Crippen LogP contribution in [0.2, 0.25) is 0 Å². The maximum Gasteiger partial charge on any atom is 0.257 e. The molecule has 0 spiro atoms. The number of carbonyl (C=O) groups excluding carboxylic acids is 1. The molecular weight excluding hydrogens is 416 g/mol. The molecule has 162 valence electrons. The first-order chi connectivity index (χ1) is 15.8. The van der Waals surface area contributed by atoms with Gasteiger partial charge in [-0.15, -0.1) is 11.3 Å². The Bertz CT molecular complexity index is 1160. The summed E-state index contributed by atoms with van der Waals surface area (Å²) >= 11 is 1.61. The van der Waals surface area contributed by atoms with E-state index < -0.39 is 0 Å². The number of thiophene rings is 1. The van der Waals surface area contributed by atoms with Crippen molar-refractivity contribution in [2.45, 2.75) is 13.0 Å². The van der Waals surface area contributed by atoms with Crippen LogP contribution in [-0.4, -0.2) is 51.7 Å². The maximum absolute atomic E-state index is 13.6. The monoisotopic (exact) mass is 442 g/mol. The number of aromatic nitrogens is 2. The Balaban J connectivity index is 1.37. The summed E-state index contributed by atoms with van der Waals surface area (Å²) in [4.78, 5) is 19.1. The van der Waals surface area contributed by atoms with Crippen LogP contribution in [0.25, 0.3) is 16.3 Å². The van der Waals surface area contributed by atoms with Crippen molar-refractivity contribution in [2.75, 3.05) is 26.2 Å². The zero-order valence-electron chi connectivity index (χ0n) is 17.9. The van der Waals surface area contributed by atoms with Gasteiger partial charge >= 0.3 is 0 Å². The molecule has 0 saturated carbocycles. The van der Waals surface area contributed by atoms with E-state index in [-0.39, 0.29) is 5.91 Å². The standard InChI is InChI=1S/C26H26N4OS/c31-26(29-15-8-14-28(16-17-29)19-21-9-3-1-4-10-21)23-20-30(22-11-5-2-6-12-22)27-25(23)24-13-7-18-32-24/h1-7,9-13,18,20H,8,14-17,19H2. The van der Waals surface area contributed by atoms with Gasteiger partial charge in [-0.1, -0.05) is 54.6 Å². The summed E-state index contributed by atoms with van der Waals surface area (Å²) in [7, 11) is 0. The van der Waals surface area contributed by atoms with Gasteiger partial charge in [0.15, 0.2) is 0 Å². The summed E-state index contributed by atoms with van der Waals surface area (Å²) in [6, 6.07) is 24.5. The van der Waals surface area contributed by atoms with Crippen LogP contribution in [0.15, 0.2) is 84.4 Å². The van der Waals surface area contributed by atoms with E-state index in [1.807, 2.05) is 69.7 Å². The zero-order chi connectivity index (χ0) is 21.8. The molecule has 0 aliphatic carbocycles. The van der Waals surface area contributed by atoms with E-state index in [4.69, 9.17) is 5.10 Å². The summed E-state index contributed by atoms with van der Waals surface area (Å²) in [5, 5.41) is 6.83. The lowest BCUT2D eigenvalue weighted by molar-refractivity contribution is 0.0762. The predicted octanol–water partition coefficient (Wildman–Crippen LogP) is 4.95. The molecule has 1 fully saturated rings. The molecule has 0 N–H and O–H groups in total. The SMILES string of the molecule is O=C(c1cn(-c2ccccc2)nc1-c1cccs1)N1CCCN(Cc2ccccc2)CC1. The molecule has 1 aliphatic rings. The van der Waals surface area contributed by atoms with Crippen LogP contribution in [0.1, 0.15) is 22.3 Å². The lowest BCUT2D eigenvalue weighted by Gasteiger charge is -2.22. The highest BCUT2D eigenvalue weighted by Crippen LogP contribution is 2.29. The van der Waals surface area contributed by atoms with Gasteiger partial charge in [0.25, 0.3) is 5.91 Å². The van der Waals surface area contributed by atoms with Gasteiger partial charge < -0.3 is 4.90 Å². The molecule has 4 aromatic rings. The largest absolute Gasteiger partial charge is 0.337 e. The fourth-order valence-corrected chi connectivity index (χ4v) is 4.91. The van der Waals surface area contributed by atoms with Gasteiger partial charge in [0.1, 0.15) is 5.69 Å². The minimum Gasteiger partial charge on any atom is -0.337 e. The molecule has 5 nitrogen and oxygen atoms in total. The molecule has 0 radical (unpaired) electrons. The lowest BCUT2D eigenvalue weighted by Crippen LogP contribution is -2.35. The molecule has 0 bridgehead atoms. The number of hydrogen-bond acceptors (Lipinski definition) is 4. The number of hydrogen-bond donors (Lipinski definition) is 0. The maximum atomic E-state index is 13.6. The van der Waals surface area contributed by atoms with Gasteiger partial charge in [0.2, 0.25) is 0 Å². The third-order valence-corrected chi connectivity index (χ3v) is 6.72. The molecule has 2 aromatic heterocycles. The van der Waals surface area contributed by atoms with Gasteiger partial charge in [-0.2, -0.15) is 5.10 Å². The molecule has 1 aliphatic heterocycles. The summed E-state index contributed by atoms with van der Waals surface area (Å²) in [6.45, 7) is 4.30. The molecule has 6 heteroatoms. The smallest absolute Gasteiger partial charge is 0.257 e. The molecule has 1 saturated heterocycles. The number of para-hydroxylation sites is 1. The minimum atomic E-state index is 0.0668. The van der Waals surface area contributed by atoms with Crippen LogP contribution >= 0.6 is 11.3 Å². The Morgan fingerprint density at radius 2 is 1.66 bits per heavy atom. The van der Waals surface area contributed by atoms with E-state index >= 15 is 0 Å². The van der Waals surface area contributed by atoms with Gasteiger partial charge in [-0.3, -0.25) is 9.69 Å². The normalized spacial score (nSPS) is 14.9. The highest BCUT2D eigenvalue weighted by Gasteiger charge is 2.26. The van der Waals surface area contributed by atoms with Gasteiger partial charge in [-0.25, -0.2) is 4.68 Å². The Morgan fingerprint density at radius 1 is 0.875 bits per heavy atom. The number of benzene rings is 2. The molecule has 5 rings (SSSR count). The number of nitrogens with zero attached hydrogens (tertiary/aromatic N) is 4. The van der Waals surface area contributed by atoms with E-state index in [9.17, 15) is 4.79 Å². The Kier molecular flexibility index (Phi) is 6.14.